The summed E-state index contributed by atoms with van der Waals surface area (Å²) in [6.07, 6.45) is 1.85. The van der Waals surface area contributed by atoms with Crippen molar-refractivity contribution >= 4 is 12.0 Å². The number of carbonyl (C=O) groups excluding carboxylic acids is 1. The van der Waals surface area contributed by atoms with E-state index in [0.717, 1.165) is 12.8 Å². The molecule has 0 bridgehead atoms. The molecule has 0 fully saturated rings. The van der Waals surface area contributed by atoms with Crippen molar-refractivity contribution in [3.8, 4) is 0 Å². The smallest absolute Gasteiger partial charge is 0.318 e. The highest BCUT2D eigenvalue weighted by Gasteiger charge is 2.24. The highest BCUT2D eigenvalue weighted by molar-refractivity contribution is 5.76. The molecule has 2 N–H and O–H groups in total. The molecule has 0 saturated heterocycles. The lowest BCUT2D eigenvalue weighted by Crippen LogP contribution is -2.52. The minimum Gasteiger partial charge on any atom is -0.481 e. The first kappa shape index (κ1) is 16.7. The second-order valence-electron chi connectivity index (χ2n) is 5.49. The van der Waals surface area contributed by atoms with Crippen LogP contribution in [0.2, 0.25) is 0 Å². The Labute approximate surface area is 110 Å². The monoisotopic (exact) mass is 258 g/mol. The van der Waals surface area contributed by atoms with Gasteiger partial charge < -0.3 is 15.3 Å². The number of carboxylic acids is 1. The zero-order chi connectivity index (χ0) is 14.3. The van der Waals surface area contributed by atoms with E-state index in [2.05, 4.69) is 12.2 Å². The zero-order valence-corrected chi connectivity index (χ0v) is 12.1. The van der Waals surface area contributed by atoms with Gasteiger partial charge in [-0.2, -0.15) is 0 Å². The number of carbonyl (C=O) groups is 2. The molecule has 0 saturated carbocycles. The van der Waals surface area contributed by atoms with Gasteiger partial charge in [-0.15, -0.1) is 0 Å². The van der Waals surface area contributed by atoms with Crippen LogP contribution in [-0.4, -0.2) is 40.1 Å². The van der Waals surface area contributed by atoms with E-state index in [1.165, 1.54) is 0 Å². The number of carboxylic acid groups (broad SMARTS) is 1. The van der Waals surface area contributed by atoms with Crippen LogP contribution in [0.4, 0.5) is 4.79 Å². The summed E-state index contributed by atoms with van der Waals surface area (Å²) in [5.41, 5.74) is -0.262. The predicted molar refractivity (Wildman–Crippen MR) is 71.6 cm³/mol. The molecule has 0 atom stereocenters. The van der Waals surface area contributed by atoms with E-state index in [1.807, 2.05) is 27.7 Å². The maximum absolute atomic E-state index is 12.1. The average Bonchev–Trinajstić information content (AvgIpc) is 2.15. The van der Waals surface area contributed by atoms with Crippen LogP contribution in [-0.2, 0) is 4.79 Å². The van der Waals surface area contributed by atoms with Crippen molar-refractivity contribution in [2.75, 3.05) is 6.54 Å². The molecule has 0 unspecified atom stereocenters. The van der Waals surface area contributed by atoms with E-state index in [4.69, 9.17) is 5.11 Å². The number of nitrogens with zero attached hydrogens (tertiary/aromatic N) is 1. The third-order valence-corrected chi connectivity index (χ3v) is 2.77. The van der Waals surface area contributed by atoms with Crippen molar-refractivity contribution in [3.63, 3.8) is 0 Å². The number of amides is 2. The fraction of sp³-hybridized carbons (Fsp3) is 0.846. The molecule has 0 aromatic heterocycles. The normalized spacial score (nSPS) is 11.4. The third-order valence-electron chi connectivity index (χ3n) is 2.77. The molecule has 0 radical (unpaired) electrons. The lowest BCUT2D eigenvalue weighted by atomic mass is 9.99. The highest BCUT2D eigenvalue weighted by Crippen LogP contribution is 2.12. The molecule has 0 aliphatic carbocycles. The number of hydrogen-bond acceptors (Lipinski definition) is 2. The SMILES string of the molecule is CCCC(C)(C)NC(=O)N(CCC(=O)O)C(C)C. The van der Waals surface area contributed by atoms with Gasteiger partial charge in [0.15, 0.2) is 0 Å². The summed E-state index contributed by atoms with van der Waals surface area (Å²) < 4.78 is 0. The summed E-state index contributed by atoms with van der Waals surface area (Å²) >= 11 is 0. The summed E-state index contributed by atoms with van der Waals surface area (Å²) in [7, 11) is 0. The minimum absolute atomic E-state index is 0.0122. The zero-order valence-electron chi connectivity index (χ0n) is 12.1. The molecule has 5 nitrogen and oxygen atoms in total. The fourth-order valence-corrected chi connectivity index (χ4v) is 1.86. The average molecular weight is 258 g/mol. The lowest BCUT2D eigenvalue weighted by molar-refractivity contribution is -0.137. The Morgan fingerprint density at radius 2 is 1.89 bits per heavy atom. The van der Waals surface area contributed by atoms with Crippen molar-refractivity contribution in [1.29, 1.82) is 0 Å². The molecule has 0 aromatic carbocycles. The summed E-state index contributed by atoms with van der Waals surface area (Å²) in [6, 6.07) is -0.202. The van der Waals surface area contributed by atoms with Gasteiger partial charge in [-0.05, 0) is 34.1 Å². The molecular weight excluding hydrogens is 232 g/mol. The third kappa shape index (κ3) is 6.47. The van der Waals surface area contributed by atoms with Crippen LogP contribution in [0.1, 0.15) is 53.9 Å². The first-order chi connectivity index (χ1) is 8.19. The molecule has 106 valence electrons. The van der Waals surface area contributed by atoms with Gasteiger partial charge in [0.2, 0.25) is 0 Å². The molecule has 0 heterocycles. The van der Waals surface area contributed by atoms with Gasteiger partial charge in [-0.3, -0.25) is 4.79 Å². The van der Waals surface area contributed by atoms with Gasteiger partial charge in [-0.25, -0.2) is 4.79 Å². The Hall–Kier alpha value is -1.26. The number of urea groups is 1. The predicted octanol–water partition coefficient (Wildman–Crippen LogP) is 2.46. The van der Waals surface area contributed by atoms with Crippen LogP contribution in [0.3, 0.4) is 0 Å². The molecule has 0 spiro atoms. The van der Waals surface area contributed by atoms with Gasteiger partial charge in [0.1, 0.15) is 0 Å². The van der Waals surface area contributed by atoms with Crippen LogP contribution in [0.25, 0.3) is 0 Å². The molecule has 18 heavy (non-hydrogen) atoms. The van der Waals surface area contributed by atoms with E-state index >= 15 is 0 Å². The van der Waals surface area contributed by atoms with Crippen LogP contribution in [0, 0.1) is 0 Å². The second-order valence-corrected chi connectivity index (χ2v) is 5.49. The van der Waals surface area contributed by atoms with Crippen molar-refractivity contribution in [2.24, 2.45) is 0 Å². The van der Waals surface area contributed by atoms with E-state index in [1.54, 1.807) is 4.90 Å². The Bertz CT molecular complexity index is 288. The molecule has 0 aromatic rings. The molecule has 5 heteroatoms. The van der Waals surface area contributed by atoms with Gasteiger partial charge in [0.05, 0.1) is 6.42 Å². The van der Waals surface area contributed by atoms with Crippen molar-refractivity contribution < 1.29 is 14.7 Å². The maximum Gasteiger partial charge on any atom is 0.318 e. The van der Waals surface area contributed by atoms with Crippen LogP contribution in [0.15, 0.2) is 0 Å². The quantitative estimate of drug-likeness (QED) is 0.737. The number of rotatable bonds is 7. The molecular formula is C13H26N2O3. The fourth-order valence-electron chi connectivity index (χ4n) is 1.86. The van der Waals surface area contributed by atoms with Crippen molar-refractivity contribution in [1.82, 2.24) is 10.2 Å². The summed E-state index contributed by atoms with van der Waals surface area (Å²) in [6.45, 7) is 10.0. The Morgan fingerprint density at radius 1 is 1.33 bits per heavy atom. The second kappa shape index (κ2) is 7.24. The number of aliphatic carboxylic acids is 1. The summed E-state index contributed by atoms with van der Waals surface area (Å²) in [5, 5.41) is 11.6. The number of hydrogen-bond donors (Lipinski definition) is 2. The molecule has 0 aliphatic heterocycles. The van der Waals surface area contributed by atoms with Crippen LogP contribution >= 0.6 is 0 Å². The van der Waals surface area contributed by atoms with Crippen LogP contribution in [0.5, 0.6) is 0 Å². The van der Waals surface area contributed by atoms with E-state index in [-0.39, 0.29) is 30.6 Å². The first-order valence-electron chi connectivity index (χ1n) is 6.50. The summed E-state index contributed by atoms with van der Waals surface area (Å²) in [5.74, 6) is -0.888. The Morgan fingerprint density at radius 3 is 2.28 bits per heavy atom. The number of nitrogens with one attached hydrogen (secondary N) is 1. The van der Waals surface area contributed by atoms with Gasteiger partial charge in [0, 0.05) is 18.1 Å². The highest BCUT2D eigenvalue weighted by atomic mass is 16.4. The van der Waals surface area contributed by atoms with Crippen molar-refractivity contribution in [3.05, 3.63) is 0 Å². The largest absolute Gasteiger partial charge is 0.481 e. The lowest BCUT2D eigenvalue weighted by Gasteiger charge is -2.32. The van der Waals surface area contributed by atoms with E-state index < -0.39 is 5.97 Å². The standard InChI is InChI=1S/C13H26N2O3/c1-6-8-13(4,5)14-12(18)15(10(2)3)9-7-11(16)17/h10H,6-9H2,1-5H3,(H,14,18)(H,16,17). The van der Waals surface area contributed by atoms with Crippen LogP contribution < -0.4 is 5.32 Å². The minimum atomic E-state index is -0.888. The van der Waals surface area contributed by atoms with Gasteiger partial charge in [0.25, 0.3) is 0 Å². The molecule has 2 amide bonds. The van der Waals surface area contributed by atoms with Crippen molar-refractivity contribution in [2.45, 2.75) is 65.5 Å². The van der Waals surface area contributed by atoms with Gasteiger partial charge >= 0.3 is 12.0 Å². The maximum atomic E-state index is 12.1. The Kier molecular flexibility index (Phi) is 6.73. The van der Waals surface area contributed by atoms with Gasteiger partial charge in [-0.1, -0.05) is 13.3 Å². The summed E-state index contributed by atoms with van der Waals surface area (Å²) in [4.78, 5) is 24.2. The topological polar surface area (TPSA) is 69.6 Å². The molecule has 0 aliphatic rings. The molecule has 0 rings (SSSR count). The Balaban J connectivity index is 4.52. The van der Waals surface area contributed by atoms with E-state index in [0.29, 0.717) is 0 Å². The first-order valence-corrected chi connectivity index (χ1v) is 6.50. The van der Waals surface area contributed by atoms with E-state index in [9.17, 15) is 9.59 Å².